The van der Waals surface area contributed by atoms with E-state index in [-0.39, 0.29) is 0 Å². The molecular weight excluding hydrogens is 280 g/mol. The molecule has 0 aliphatic carbocycles. The van der Waals surface area contributed by atoms with Crippen molar-refractivity contribution in [2.24, 2.45) is 0 Å². The highest BCUT2D eigenvalue weighted by molar-refractivity contribution is 6.85. The van der Waals surface area contributed by atoms with E-state index in [1.807, 2.05) is 0 Å². The lowest BCUT2D eigenvalue weighted by atomic mass is 10.4. The fourth-order valence-corrected chi connectivity index (χ4v) is 11.7. The fraction of sp³-hybridized carbons (Fsp3) is 0.727. The van der Waals surface area contributed by atoms with Crippen molar-refractivity contribution in [1.82, 2.24) is 0 Å². The molecule has 0 radical (unpaired) electrons. The van der Waals surface area contributed by atoms with Crippen molar-refractivity contribution < 1.29 is 17.5 Å². The van der Waals surface area contributed by atoms with Crippen molar-refractivity contribution in [3.63, 3.8) is 0 Å². The summed E-state index contributed by atoms with van der Waals surface area (Å²) in [7, 11) is -6.62. The quantitative estimate of drug-likeness (QED) is 0.557. The second-order valence-corrected chi connectivity index (χ2v) is 18.5. The number of rotatable bonds is 6. The molecule has 0 atom stereocenters. The molecule has 0 spiro atoms. The first-order valence-electron chi connectivity index (χ1n) is 6.03. The molecule has 0 unspecified atom stereocenters. The summed E-state index contributed by atoms with van der Waals surface area (Å²) in [5.74, 6) is -0.430. The third kappa shape index (κ3) is 7.98. The van der Waals surface area contributed by atoms with Gasteiger partial charge in [0.1, 0.15) is 0 Å². The molecule has 0 N–H and O–H groups in total. The highest BCUT2D eigenvalue weighted by Crippen LogP contribution is 2.22. The minimum Gasteiger partial charge on any atom is -0.471 e. The van der Waals surface area contributed by atoms with E-state index in [1.165, 1.54) is 0 Å². The predicted octanol–water partition coefficient (Wildman–Crippen LogP) is 3.38. The van der Waals surface area contributed by atoms with Crippen LogP contribution in [-0.2, 0) is 17.5 Å². The third-order valence-electron chi connectivity index (χ3n) is 1.61. The van der Waals surface area contributed by atoms with Gasteiger partial charge in [0.2, 0.25) is 0 Å². The van der Waals surface area contributed by atoms with Gasteiger partial charge in [0.05, 0.1) is 0 Å². The molecule has 18 heavy (non-hydrogen) atoms. The molecule has 106 valence electrons. The Morgan fingerprint density at radius 2 is 1.22 bits per heavy atom. The Labute approximate surface area is 114 Å². The van der Waals surface area contributed by atoms with Crippen LogP contribution >= 0.6 is 0 Å². The molecule has 0 bridgehead atoms. The topological polar surface area (TPSA) is 44.8 Å². The lowest BCUT2D eigenvalue weighted by molar-refractivity contribution is -0.133. The van der Waals surface area contributed by atoms with Crippen LogP contribution in [0.5, 0.6) is 0 Å². The Bertz CT molecular complexity index is 312. The van der Waals surface area contributed by atoms with Crippen molar-refractivity contribution >= 4 is 31.4 Å². The van der Waals surface area contributed by atoms with Crippen molar-refractivity contribution in [1.29, 1.82) is 0 Å². The first kappa shape index (κ1) is 17.8. The van der Waals surface area contributed by atoms with Gasteiger partial charge in [-0.25, -0.2) is 4.79 Å². The van der Waals surface area contributed by atoms with Crippen molar-refractivity contribution in [3.8, 4) is 0 Å². The zero-order valence-electron chi connectivity index (χ0n) is 12.8. The van der Waals surface area contributed by atoms with Gasteiger partial charge in [0.25, 0.3) is 0 Å². The molecule has 0 aromatic heterocycles. The molecular formula is C11H26O4Si3. The monoisotopic (exact) mass is 306 g/mol. The average molecular weight is 307 g/mol. The molecule has 0 rings (SSSR count). The Balaban J connectivity index is 5.03. The highest BCUT2D eigenvalue weighted by atomic mass is 28.5. The van der Waals surface area contributed by atoms with E-state index in [9.17, 15) is 4.79 Å². The molecule has 7 heteroatoms. The molecule has 0 aromatic carbocycles. The SMILES string of the molecule is C=C(C)C(=O)O[Si](C)(O[Si](C)(C)C)O[Si](C)(C)C. The van der Waals surface area contributed by atoms with Gasteiger partial charge in [-0.2, -0.15) is 0 Å². The van der Waals surface area contributed by atoms with Gasteiger partial charge >= 0.3 is 14.8 Å². The van der Waals surface area contributed by atoms with Crippen LogP contribution in [0.2, 0.25) is 45.8 Å². The molecule has 4 nitrogen and oxygen atoms in total. The largest absolute Gasteiger partial charge is 0.543 e. The van der Waals surface area contributed by atoms with E-state index in [2.05, 4.69) is 45.9 Å². The van der Waals surface area contributed by atoms with Gasteiger partial charge in [0, 0.05) is 12.1 Å². The van der Waals surface area contributed by atoms with Crippen LogP contribution in [0.25, 0.3) is 0 Å². The third-order valence-corrected chi connectivity index (χ3v) is 10.0. The average Bonchev–Trinajstić information content (AvgIpc) is 1.93. The summed E-state index contributed by atoms with van der Waals surface area (Å²) in [5, 5.41) is 0. The van der Waals surface area contributed by atoms with E-state index in [0.29, 0.717) is 5.57 Å². The molecule has 0 aromatic rings. The van der Waals surface area contributed by atoms with E-state index >= 15 is 0 Å². The van der Waals surface area contributed by atoms with Crippen LogP contribution in [0.1, 0.15) is 6.92 Å². The molecule has 0 aliphatic rings. The van der Waals surface area contributed by atoms with Gasteiger partial charge in [-0.15, -0.1) is 0 Å². The van der Waals surface area contributed by atoms with Gasteiger partial charge in [-0.3, -0.25) is 0 Å². The van der Waals surface area contributed by atoms with Gasteiger partial charge in [-0.1, -0.05) is 6.58 Å². The number of hydrogen-bond acceptors (Lipinski definition) is 4. The van der Waals surface area contributed by atoms with E-state index in [4.69, 9.17) is 12.7 Å². The lowest BCUT2D eigenvalue weighted by Crippen LogP contribution is -2.55. The number of carbonyl (C=O) groups excluding carboxylic acids is 1. The Kier molecular flexibility index (Phi) is 5.76. The van der Waals surface area contributed by atoms with Gasteiger partial charge < -0.3 is 12.7 Å². The molecule has 0 saturated heterocycles. The first-order valence-corrected chi connectivity index (χ1v) is 15.1. The first-order chi connectivity index (χ1) is 7.74. The van der Waals surface area contributed by atoms with Crippen LogP contribution in [0, 0.1) is 0 Å². The van der Waals surface area contributed by atoms with Crippen molar-refractivity contribution in [2.45, 2.75) is 52.8 Å². The summed E-state index contributed by atoms with van der Waals surface area (Å²) in [6.07, 6.45) is 0. The molecule has 0 aliphatic heterocycles. The smallest absolute Gasteiger partial charge is 0.471 e. The van der Waals surface area contributed by atoms with Gasteiger partial charge in [0.15, 0.2) is 16.6 Å². The maximum Gasteiger partial charge on any atom is 0.543 e. The maximum absolute atomic E-state index is 11.7. The summed E-state index contributed by atoms with van der Waals surface area (Å²) in [6, 6.07) is 0. The van der Waals surface area contributed by atoms with Crippen LogP contribution < -0.4 is 0 Å². The summed E-state index contributed by atoms with van der Waals surface area (Å²) in [6.45, 7) is 19.3. The van der Waals surface area contributed by atoms with E-state index in [0.717, 1.165) is 0 Å². The van der Waals surface area contributed by atoms with Crippen molar-refractivity contribution in [2.75, 3.05) is 0 Å². The van der Waals surface area contributed by atoms with Crippen LogP contribution in [-0.4, -0.2) is 31.4 Å². The minimum atomic E-state index is -2.93. The Hall–Kier alpha value is -0.219. The number of carbonyl (C=O) groups is 1. The minimum absolute atomic E-state index is 0.368. The Morgan fingerprint density at radius 1 is 0.889 bits per heavy atom. The zero-order chi connectivity index (χ0) is 14.8. The van der Waals surface area contributed by atoms with E-state index < -0.39 is 31.4 Å². The summed E-state index contributed by atoms with van der Waals surface area (Å²) >= 11 is 0. The lowest BCUT2D eigenvalue weighted by Gasteiger charge is -2.36. The van der Waals surface area contributed by atoms with Crippen LogP contribution in [0.15, 0.2) is 12.2 Å². The highest BCUT2D eigenvalue weighted by Gasteiger charge is 2.46. The van der Waals surface area contributed by atoms with Crippen molar-refractivity contribution in [3.05, 3.63) is 12.2 Å². The predicted molar refractivity (Wildman–Crippen MR) is 81.4 cm³/mol. The second-order valence-electron chi connectivity index (χ2n) is 6.46. The fourth-order valence-electron chi connectivity index (χ4n) is 1.43. The van der Waals surface area contributed by atoms with Crippen LogP contribution in [0.3, 0.4) is 0 Å². The summed E-state index contributed by atoms with van der Waals surface area (Å²) < 4.78 is 17.5. The maximum atomic E-state index is 11.7. The second kappa shape index (κ2) is 5.83. The summed E-state index contributed by atoms with van der Waals surface area (Å²) in [4.78, 5) is 11.7. The number of hydrogen-bond donors (Lipinski definition) is 0. The molecule has 0 amide bonds. The summed E-state index contributed by atoms with van der Waals surface area (Å²) in [5.41, 5.74) is 0.368. The van der Waals surface area contributed by atoms with Crippen LogP contribution in [0.4, 0.5) is 0 Å². The standard InChI is InChI=1S/C11H26O4Si3/c1-10(2)11(12)13-18(9,14-16(3,4)5)15-17(6,7)8/h1H2,2-9H3. The normalized spacial score (nSPS) is 13.3. The Morgan fingerprint density at radius 3 is 1.44 bits per heavy atom. The molecule has 0 saturated carbocycles. The zero-order valence-corrected chi connectivity index (χ0v) is 15.8. The molecule has 0 heterocycles. The van der Waals surface area contributed by atoms with Gasteiger partial charge in [-0.05, 0) is 46.2 Å². The molecule has 0 fully saturated rings. The van der Waals surface area contributed by atoms with E-state index in [1.54, 1.807) is 13.5 Å².